The summed E-state index contributed by atoms with van der Waals surface area (Å²) in [5.41, 5.74) is 0. The Kier molecular flexibility index (Phi) is 5.79. The summed E-state index contributed by atoms with van der Waals surface area (Å²) in [6.07, 6.45) is 2.11. The third kappa shape index (κ3) is 3.80. The number of carbonyl (C=O) groups is 2. The Morgan fingerprint density at radius 3 is 2.61 bits per heavy atom. The molecule has 0 amide bonds. The molecule has 1 aliphatic rings. The van der Waals surface area contributed by atoms with Crippen LogP contribution in [0.3, 0.4) is 0 Å². The van der Waals surface area contributed by atoms with Crippen LogP contribution in [0.1, 0.15) is 40.0 Å². The largest absolute Gasteiger partial charge is 0.468 e. The van der Waals surface area contributed by atoms with Gasteiger partial charge in [-0.25, -0.2) is 0 Å². The Hall–Kier alpha value is -0.900. The quantitative estimate of drug-likeness (QED) is 0.540. The summed E-state index contributed by atoms with van der Waals surface area (Å²) >= 11 is 0. The van der Waals surface area contributed by atoms with E-state index in [0.717, 1.165) is 12.8 Å². The third-order valence-electron chi connectivity index (χ3n) is 3.63. The zero-order chi connectivity index (χ0) is 13.7. The Morgan fingerprint density at radius 2 is 2.06 bits per heavy atom. The SMILES string of the molecule is COC(=O)[C@H]1C(=O)CC[C@@H]1[C@H](C)OCCC(C)C. The van der Waals surface area contributed by atoms with Crippen molar-refractivity contribution in [2.24, 2.45) is 17.8 Å². The first-order valence-corrected chi connectivity index (χ1v) is 6.69. The van der Waals surface area contributed by atoms with Crippen LogP contribution in [0.4, 0.5) is 0 Å². The molecule has 0 heterocycles. The highest BCUT2D eigenvalue weighted by atomic mass is 16.5. The summed E-state index contributed by atoms with van der Waals surface area (Å²) in [6.45, 7) is 6.91. The molecule has 4 nitrogen and oxygen atoms in total. The number of carbonyl (C=O) groups excluding carboxylic acids is 2. The van der Waals surface area contributed by atoms with E-state index in [0.29, 0.717) is 18.9 Å². The maximum Gasteiger partial charge on any atom is 0.316 e. The molecule has 1 rings (SSSR count). The number of methoxy groups -OCH3 is 1. The van der Waals surface area contributed by atoms with E-state index in [2.05, 4.69) is 13.8 Å². The Morgan fingerprint density at radius 1 is 1.39 bits per heavy atom. The van der Waals surface area contributed by atoms with Crippen LogP contribution in [-0.2, 0) is 19.1 Å². The van der Waals surface area contributed by atoms with E-state index in [9.17, 15) is 9.59 Å². The van der Waals surface area contributed by atoms with Gasteiger partial charge in [0.05, 0.1) is 13.2 Å². The van der Waals surface area contributed by atoms with Gasteiger partial charge < -0.3 is 9.47 Å². The van der Waals surface area contributed by atoms with Crippen molar-refractivity contribution in [1.29, 1.82) is 0 Å². The fourth-order valence-electron chi connectivity index (χ4n) is 2.42. The summed E-state index contributed by atoms with van der Waals surface area (Å²) in [6, 6.07) is 0. The predicted octanol–water partition coefficient (Wildman–Crippen LogP) is 2.21. The molecular weight excluding hydrogens is 232 g/mol. The van der Waals surface area contributed by atoms with Crippen LogP contribution in [0.2, 0.25) is 0 Å². The van der Waals surface area contributed by atoms with E-state index in [1.165, 1.54) is 7.11 Å². The molecule has 0 radical (unpaired) electrons. The van der Waals surface area contributed by atoms with E-state index in [4.69, 9.17) is 9.47 Å². The average Bonchev–Trinajstić information content (AvgIpc) is 2.69. The molecule has 1 aliphatic carbocycles. The van der Waals surface area contributed by atoms with Gasteiger partial charge in [-0.15, -0.1) is 0 Å². The van der Waals surface area contributed by atoms with Gasteiger partial charge in [0.2, 0.25) is 0 Å². The van der Waals surface area contributed by atoms with Crippen LogP contribution in [0.5, 0.6) is 0 Å². The van der Waals surface area contributed by atoms with Gasteiger partial charge in [0.1, 0.15) is 11.7 Å². The van der Waals surface area contributed by atoms with E-state index >= 15 is 0 Å². The van der Waals surface area contributed by atoms with E-state index < -0.39 is 11.9 Å². The van der Waals surface area contributed by atoms with Crippen molar-refractivity contribution in [3.05, 3.63) is 0 Å². The van der Waals surface area contributed by atoms with Crippen LogP contribution in [0, 0.1) is 17.8 Å². The molecular formula is C14H24O4. The zero-order valence-electron chi connectivity index (χ0n) is 11.8. The number of ketones is 1. The van der Waals surface area contributed by atoms with Crippen LogP contribution in [0.25, 0.3) is 0 Å². The van der Waals surface area contributed by atoms with Crippen LogP contribution in [-0.4, -0.2) is 31.6 Å². The van der Waals surface area contributed by atoms with Gasteiger partial charge in [0.25, 0.3) is 0 Å². The molecule has 0 unspecified atom stereocenters. The molecule has 0 aliphatic heterocycles. The van der Waals surface area contributed by atoms with Crippen molar-refractivity contribution in [1.82, 2.24) is 0 Å². The van der Waals surface area contributed by atoms with E-state index in [1.54, 1.807) is 0 Å². The predicted molar refractivity (Wildman–Crippen MR) is 68.1 cm³/mol. The maximum absolute atomic E-state index is 11.7. The van der Waals surface area contributed by atoms with Crippen molar-refractivity contribution in [2.45, 2.75) is 46.1 Å². The molecule has 4 heteroatoms. The second kappa shape index (κ2) is 6.88. The highest BCUT2D eigenvalue weighted by molar-refractivity contribution is 6.00. The Labute approximate surface area is 109 Å². The molecule has 1 saturated carbocycles. The molecule has 0 bridgehead atoms. The number of hydrogen-bond acceptors (Lipinski definition) is 4. The molecule has 0 saturated heterocycles. The van der Waals surface area contributed by atoms with Crippen molar-refractivity contribution < 1.29 is 19.1 Å². The summed E-state index contributed by atoms with van der Waals surface area (Å²) in [5.74, 6) is -0.479. The van der Waals surface area contributed by atoms with E-state index in [-0.39, 0.29) is 17.8 Å². The van der Waals surface area contributed by atoms with E-state index in [1.807, 2.05) is 6.92 Å². The lowest BCUT2D eigenvalue weighted by atomic mass is 9.91. The minimum Gasteiger partial charge on any atom is -0.468 e. The van der Waals surface area contributed by atoms with Gasteiger partial charge in [-0.05, 0) is 25.7 Å². The monoisotopic (exact) mass is 256 g/mol. The lowest BCUT2D eigenvalue weighted by Gasteiger charge is -2.24. The Bertz CT molecular complexity index is 298. The normalized spacial score (nSPS) is 25.5. The topological polar surface area (TPSA) is 52.6 Å². The number of rotatable bonds is 6. The number of hydrogen-bond donors (Lipinski definition) is 0. The maximum atomic E-state index is 11.7. The second-order valence-corrected chi connectivity index (χ2v) is 5.43. The molecule has 3 atom stereocenters. The van der Waals surface area contributed by atoms with Crippen LogP contribution < -0.4 is 0 Å². The molecule has 1 fully saturated rings. The van der Waals surface area contributed by atoms with Gasteiger partial charge in [0.15, 0.2) is 0 Å². The highest BCUT2D eigenvalue weighted by Crippen LogP contribution is 2.33. The second-order valence-electron chi connectivity index (χ2n) is 5.43. The fourth-order valence-corrected chi connectivity index (χ4v) is 2.42. The van der Waals surface area contributed by atoms with Crippen LogP contribution in [0.15, 0.2) is 0 Å². The molecule has 0 N–H and O–H groups in total. The average molecular weight is 256 g/mol. The first kappa shape index (κ1) is 15.2. The van der Waals surface area contributed by atoms with Gasteiger partial charge in [-0.3, -0.25) is 9.59 Å². The summed E-state index contributed by atoms with van der Waals surface area (Å²) < 4.78 is 10.5. The minimum atomic E-state index is -0.621. The van der Waals surface area contributed by atoms with Crippen molar-refractivity contribution in [3.8, 4) is 0 Å². The molecule has 0 aromatic heterocycles. The number of Topliss-reactive ketones (excluding diaryl/α,β-unsaturated/α-hetero) is 1. The van der Waals surface area contributed by atoms with Crippen LogP contribution >= 0.6 is 0 Å². The molecule has 0 spiro atoms. The lowest BCUT2D eigenvalue weighted by molar-refractivity contribution is -0.151. The smallest absolute Gasteiger partial charge is 0.316 e. The highest BCUT2D eigenvalue weighted by Gasteiger charge is 2.43. The summed E-state index contributed by atoms with van der Waals surface area (Å²) in [7, 11) is 1.33. The molecule has 18 heavy (non-hydrogen) atoms. The minimum absolute atomic E-state index is 0.00819. The summed E-state index contributed by atoms with van der Waals surface area (Å²) in [4.78, 5) is 23.3. The first-order valence-electron chi connectivity index (χ1n) is 6.69. The zero-order valence-corrected chi connectivity index (χ0v) is 11.8. The lowest BCUT2D eigenvalue weighted by Crippen LogP contribution is -2.33. The van der Waals surface area contributed by atoms with Crippen molar-refractivity contribution >= 4 is 11.8 Å². The van der Waals surface area contributed by atoms with Gasteiger partial charge in [-0.2, -0.15) is 0 Å². The number of esters is 1. The molecule has 0 aromatic rings. The number of ether oxygens (including phenoxy) is 2. The standard InChI is InChI=1S/C14H24O4/c1-9(2)7-8-18-10(3)11-5-6-12(15)13(11)14(16)17-4/h9-11,13H,5-8H2,1-4H3/t10-,11+,13+/m0/s1. The fraction of sp³-hybridized carbons (Fsp3) is 0.857. The van der Waals surface area contributed by atoms with Gasteiger partial charge in [-0.1, -0.05) is 13.8 Å². The summed E-state index contributed by atoms with van der Waals surface area (Å²) in [5, 5.41) is 0. The Balaban J connectivity index is 2.53. The van der Waals surface area contributed by atoms with Gasteiger partial charge in [0, 0.05) is 18.9 Å². The third-order valence-corrected chi connectivity index (χ3v) is 3.63. The molecule has 104 valence electrons. The van der Waals surface area contributed by atoms with Crippen molar-refractivity contribution in [2.75, 3.05) is 13.7 Å². The molecule has 0 aromatic carbocycles. The first-order chi connectivity index (χ1) is 8.47. The van der Waals surface area contributed by atoms with Crippen molar-refractivity contribution in [3.63, 3.8) is 0 Å². The van der Waals surface area contributed by atoms with Gasteiger partial charge >= 0.3 is 5.97 Å².